The highest BCUT2D eigenvalue weighted by molar-refractivity contribution is 7.09. The van der Waals surface area contributed by atoms with Crippen molar-refractivity contribution in [3.8, 4) is 5.88 Å². The number of hydrogen-bond acceptors (Lipinski definition) is 7. The van der Waals surface area contributed by atoms with Gasteiger partial charge in [0.25, 0.3) is 5.91 Å². The van der Waals surface area contributed by atoms with E-state index in [0.717, 1.165) is 10.7 Å². The van der Waals surface area contributed by atoms with Gasteiger partial charge in [-0.1, -0.05) is 0 Å². The van der Waals surface area contributed by atoms with Gasteiger partial charge < -0.3 is 19.3 Å². The van der Waals surface area contributed by atoms with E-state index >= 15 is 0 Å². The molecule has 4 heterocycles. The second kappa shape index (κ2) is 9.94. The van der Waals surface area contributed by atoms with Gasteiger partial charge in [-0.3, -0.25) is 4.79 Å². The quantitative estimate of drug-likeness (QED) is 0.563. The maximum Gasteiger partial charge on any atom is 0.490 e. The van der Waals surface area contributed by atoms with Crippen LogP contribution in [-0.2, 0) is 11.3 Å². The Morgan fingerprint density at radius 2 is 2.09 bits per heavy atom. The zero-order chi connectivity index (χ0) is 24.2. The number of aryl methyl sites for hydroxylation is 1. The summed E-state index contributed by atoms with van der Waals surface area (Å²) in [5, 5.41) is 9.74. The fourth-order valence-corrected chi connectivity index (χ4v) is 3.54. The number of carboxylic acid groups (broad SMARTS) is 1. The van der Waals surface area contributed by atoms with Crippen molar-refractivity contribution in [3.05, 3.63) is 58.4 Å². The summed E-state index contributed by atoms with van der Waals surface area (Å²) < 4.78 is 53.0. The minimum Gasteiger partial charge on any atom is -0.475 e. The number of fused-ring (bicyclic) bond motifs is 1. The van der Waals surface area contributed by atoms with E-state index < -0.39 is 18.0 Å². The Kier molecular flexibility index (Phi) is 7.26. The van der Waals surface area contributed by atoms with Gasteiger partial charge in [0.15, 0.2) is 5.82 Å². The molecule has 14 heteroatoms. The third-order valence-corrected chi connectivity index (χ3v) is 5.20. The number of aromatic nitrogens is 4. The molecule has 176 valence electrons. The predicted molar refractivity (Wildman–Crippen MR) is 106 cm³/mol. The van der Waals surface area contributed by atoms with Gasteiger partial charge in [-0.15, -0.1) is 11.3 Å². The number of ether oxygens (including phenoxy) is 1. The van der Waals surface area contributed by atoms with Crippen molar-refractivity contribution in [3.63, 3.8) is 0 Å². The number of carbonyl (C=O) groups excluding carboxylic acids is 1. The number of aliphatic carboxylic acids is 1. The standard InChI is InChI=1S/C17H16FN5O2S.C2HF3O2/c1-11-21-15(9-26-11)17(24)22-6-12-5-19-10-23(12)13(7-22)8-25-16-14(18)3-2-4-20-16;3-2(4,5)1(6)7/h2-5,9-10,13H,6-8H2,1H3;(H,6,7). The lowest BCUT2D eigenvalue weighted by molar-refractivity contribution is -0.192. The Bertz CT molecular complexity index is 1130. The zero-order valence-corrected chi connectivity index (χ0v) is 17.8. The van der Waals surface area contributed by atoms with Crippen molar-refractivity contribution in [2.45, 2.75) is 25.7 Å². The molecular weight excluding hydrogens is 470 g/mol. The van der Waals surface area contributed by atoms with Gasteiger partial charge in [-0.2, -0.15) is 13.2 Å². The van der Waals surface area contributed by atoms with Crippen LogP contribution in [0.5, 0.6) is 5.88 Å². The lowest BCUT2D eigenvalue weighted by Gasteiger charge is -2.34. The highest BCUT2D eigenvalue weighted by Crippen LogP contribution is 2.24. The van der Waals surface area contributed by atoms with Gasteiger partial charge >= 0.3 is 12.1 Å². The summed E-state index contributed by atoms with van der Waals surface area (Å²) in [6.07, 6.45) is -0.185. The van der Waals surface area contributed by atoms with E-state index in [1.165, 1.54) is 29.7 Å². The highest BCUT2D eigenvalue weighted by atomic mass is 32.1. The van der Waals surface area contributed by atoms with Crippen LogP contribution in [0.15, 0.2) is 36.2 Å². The molecule has 0 bridgehead atoms. The monoisotopic (exact) mass is 487 g/mol. The number of hydrogen-bond donors (Lipinski definition) is 1. The van der Waals surface area contributed by atoms with Gasteiger partial charge in [0.1, 0.15) is 12.3 Å². The number of imidazole rings is 1. The van der Waals surface area contributed by atoms with Crippen LogP contribution < -0.4 is 4.74 Å². The molecule has 0 fully saturated rings. The Morgan fingerprint density at radius 1 is 1.36 bits per heavy atom. The molecule has 4 rings (SSSR count). The van der Waals surface area contributed by atoms with Crippen molar-refractivity contribution in [2.24, 2.45) is 0 Å². The second-order valence-corrected chi connectivity index (χ2v) is 7.85. The first kappa shape index (κ1) is 24.1. The summed E-state index contributed by atoms with van der Waals surface area (Å²) in [6, 6.07) is 2.62. The van der Waals surface area contributed by atoms with E-state index in [-0.39, 0.29) is 24.4 Å². The van der Waals surface area contributed by atoms with Crippen LogP contribution in [0.2, 0.25) is 0 Å². The minimum atomic E-state index is -5.08. The van der Waals surface area contributed by atoms with Crippen molar-refractivity contribution >= 4 is 23.2 Å². The zero-order valence-electron chi connectivity index (χ0n) is 17.0. The molecule has 0 aliphatic carbocycles. The number of halogens is 4. The fraction of sp³-hybridized carbons (Fsp3) is 0.316. The minimum absolute atomic E-state index is 0.0484. The van der Waals surface area contributed by atoms with Crippen molar-refractivity contribution in [1.29, 1.82) is 0 Å². The molecule has 0 aromatic carbocycles. The first-order valence-electron chi connectivity index (χ1n) is 9.31. The average molecular weight is 487 g/mol. The number of alkyl halides is 3. The third kappa shape index (κ3) is 6.03. The predicted octanol–water partition coefficient (Wildman–Crippen LogP) is 3.09. The van der Waals surface area contributed by atoms with E-state index in [1.54, 1.807) is 22.8 Å². The van der Waals surface area contributed by atoms with Gasteiger partial charge in [-0.25, -0.2) is 24.1 Å². The second-order valence-electron chi connectivity index (χ2n) is 6.79. The molecule has 0 spiro atoms. The van der Waals surface area contributed by atoms with Crippen LogP contribution in [0.25, 0.3) is 0 Å². The molecule has 1 atom stereocenters. The number of thiazole rings is 1. The maximum absolute atomic E-state index is 13.7. The number of carboxylic acids is 1. The van der Waals surface area contributed by atoms with Crippen LogP contribution in [0.3, 0.4) is 0 Å². The van der Waals surface area contributed by atoms with Crippen LogP contribution in [0, 0.1) is 12.7 Å². The summed E-state index contributed by atoms with van der Waals surface area (Å²) in [4.78, 5) is 35.7. The van der Waals surface area contributed by atoms with Crippen molar-refractivity contribution in [2.75, 3.05) is 13.2 Å². The van der Waals surface area contributed by atoms with Crippen LogP contribution >= 0.6 is 11.3 Å². The van der Waals surface area contributed by atoms with Crippen LogP contribution in [-0.4, -0.2) is 60.7 Å². The van der Waals surface area contributed by atoms with Crippen molar-refractivity contribution < 1.29 is 37.0 Å². The summed E-state index contributed by atoms with van der Waals surface area (Å²) in [5.74, 6) is -3.45. The van der Waals surface area contributed by atoms with Gasteiger partial charge in [0.2, 0.25) is 5.88 Å². The lowest BCUT2D eigenvalue weighted by Crippen LogP contribution is -2.42. The average Bonchev–Trinajstić information content (AvgIpc) is 3.41. The third-order valence-electron chi connectivity index (χ3n) is 4.43. The van der Waals surface area contributed by atoms with E-state index in [0.29, 0.717) is 18.8 Å². The summed E-state index contributed by atoms with van der Waals surface area (Å²) in [6.45, 7) is 2.92. The van der Waals surface area contributed by atoms with E-state index in [4.69, 9.17) is 14.6 Å². The molecule has 1 aliphatic rings. The molecule has 3 aromatic heterocycles. The highest BCUT2D eigenvalue weighted by Gasteiger charge is 2.38. The van der Waals surface area contributed by atoms with Crippen LogP contribution in [0.1, 0.15) is 27.2 Å². The fourth-order valence-electron chi connectivity index (χ4n) is 2.95. The topological polar surface area (TPSA) is 110 Å². The molecule has 0 saturated heterocycles. The summed E-state index contributed by atoms with van der Waals surface area (Å²) in [7, 11) is 0. The number of carbonyl (C=O) groups is 2. The molecular formula is C19H17F4N5O4S. The SMILES string of the molecule is Cc1nc(C(=O)N2Cc3cncn3C(COc3ncccc3F)C2)cs1.O=C(O)C(F)(F)F. The number of pyridine rings is 1. The molecule has 1 N–H and O–H groups in total. The Morgan fingerprint density at radius 3 is 2.70 bits per heavy atom. The van der Waals surface area contributed by atoms with Gasteiger partial charge in [-0.05, 0) is 19.1 Å². The molecule has 1 unspecified atom stereocenters. The molecule has 3 aromatic rings. The van der Waals surface area contributed by atoms with Gasteiger partial charge in [0.05, 0.1) is 29.6 Å². The molecule has 0 radical (unpaired) electrons. The normalized spacial score (nSPS) is 15.3. The van der Waals surface area contributed by atoms with E-state index in [9.17, 15) is 22.4 Å². The number of amides is 1. The van der Waals surface area contributed by atoms with Crippen LogP contribution in [0.4, 0.5) is 17.6 Å². The van der Waals surface area contributed by atoms with Crippen molar-refractivity contribution in [1.82, 2.24) is 24.4 Å². The Labute approximate surface area is 188 Å². The van der Waals surface area contributed by atoms with E-state index in [2.05, 4.69) is 15.0 Å². The molecule has 33 heavy (non-hydrogen) atoms. The Balaban J connectivity index is 0.000000383. The first-order valence-corrected chi connectivity index (χ1v) is 10.2. The largest absolute Gasteiger partial charge is 0.490 e. The Hall–Kier alpha value is -3.55. The number of rotatable bonds is 4. The molecule has 1 amide bonds. The first-order chi connectivity index (χ1) is 15.6. The van der Waals surface area contributed by atoms with Gasteiger partial charge in [0, 0.05) is 24.3 Å². The van der Waals surface area contributed by atoms with E-state index in [1.807, 2.05) is 11.5 Å². The summed E-state index contributed by atoms with van der Waals surface area (Å²) >= 11 is 1.44. The maximum atomic E-state index is 13.7. The lowest BCUT2D eigenvalue weighted by atomic mass is 10.2. The smallest absolute Gasteiger partial charge is 0.475 e. The summed E-state index contributed by atoms with van der Waals surface area (Å²) in [5.41, 5.74) is 1.34. The number of nitrogens with zero attached hydrogens (tertiary/aromatic N) is 5. The molecule has 0 saturated carbocycles. The molecule has 9 nitrogen and oxygen atoms in total. The molecule has 1 aliphatic heterocycles.